The average molecular weight is 1080 g/mol. The zero-order valence-electron chi connectivity index (χ0n) is 42.7. The highest BCUT2D eigenvalue weighted by Gasteiger charge is 2.51. The fourth-order valence-electron chi connectivity index (χ4n) is 8.86. The molecule has 0 aromatic heterocycles. The van der Waals surface area contributed by atoms with Crippen LogP contribution in [0.15, 0.2) is 109 Å². The maximum Gasteiger partial charge on any atom is 0.308 e. The Balaban J connectivity index is 1.62. The summed E-state index contributed by atoms with van der Waals surface area (Å²) in [4.78, 5) is 39.6. The highest BCUT2D eigenvalue weighted by atomic mass is 35.5. The third-order valence-corrected chi connectivity index (χ3v) is 13.7. The van der Waals surface area contributed by atoms with Crippen LogP contribution in [-0.2, 0) is 28.5 Å². The summed E-state index contributed by atoms with van der Waals surface area (Å²) in [5.41, 5.74) is 10.8. The molecule has 21 heteroatoms. The Kier molecular flexibility index (Phi) is 26.1. The largest absolute Gasteiger partial charge is 0.462 e. The smallest absolute Gasteiger partial charge is 0.308 e. The second kappa shape index (κ2) is 31.1. The predicted molar refractivity (Wildman–Crippen MR) is 276 cm³/mol. The predicted octanol–water partition coefficient (Wildman–Crippen LogP) is 1.74. The Morgan fingerprint density at radius 1 is 0.667 bits per heavy atom. The van der Waals surface area contributed by atoms with Gasteiger partial charge in [0, 0.05) is 48.1 Å². The SMILES string of the molecule is C[C@@H]1[C@H](O)[C@@H](C)/C=C/C=C/C=C/C=C/C=C/C=C/C=C/[C@H](O[C@@H]2O[C@H](C)[C@@H](O)[C@H](N)[C@@H]2O)C[C@@H]2O[C@](O)(C[C@@H](O)C[C@@H](O)[C@H](O)CC[C@@H](O)C[C@@H](O)CC(=O)O[C@H]1C)C[C@H](O)[C@H]2C(=O)NNC(=O)c1ccc(Cl)cc1. The van der Waals surface area contributed by atoms with Gasteiger partial charge < -0.3 is 75.7 Å². The number of hydrogen-bond acceptors (Lipinski definition) is 18. The third-order valence-electron chi connectivity index (χ3n) is 13.4. The molecule has 0 saturated carbocycles. The molecule has 14 N–H and O–H groups in total. The summed E-state index contributed by atoms with van der Waals surface area (Å²) in [5.74, 6) is -7.09. The molecule has 2 amide bonds. The molecule has 1 aromatic rings. The topological polar surface area (TPSA) is 341 Å². The molecule has 2 bridgehead atoms. The number of carbonyl (C=O) groups excluding carboxylic acids is 3. The van der Waals surface area contributed by atoms with Crippen molar-refractivity contribution in [1.29, 1.82) is 0 Å². The van der Waals surface area contributed by atoms with Crippen LogP contribution in [0.4, 0.5) is 0 Å². The van der Waals surface area contributed by atoms with E-state index in [1.54, 1.807) is 86.8 Å². The summed E-state index contributed by atoms with van der Waals surface area (Å²) in [6.45, 7) is 6.73. The van der Waals surface area contributed by atoms with Crippen LogP contribution < -0.4 is 16.6 Å². The zero-order chi connectivity index (χ0) is 55.4. The lowest BCUT2D eigenvalue weighted by Crippen LogP contribution is -2.62. The summed E-state index contributed by atoms with van der Waals surface area (Å²) in [6, 6.07) is 4.59. The van der Waals surface area contributed by atoms with Crippen LogP contribution >= 0.6 is 11.6 Å². The first-order valence-electron chi connectivity index (χ1n) is 25.3. The van der Waals surface area contributed by atoms with Gasteiger partial charge in [-0.15, -0.1) is 0 Å². The van der Waals surface area contributed by atoms with E-state index >= 15 is 0 Å². The number of ether oxygens (including phenoxy) is 4. The van der Waals surface area contributed by atoms with E-state index in [0.29, 0.717) is 5.02 Å². The lowest BCUT2D eigenvalue weighted by atomic mass is 9.82. The van der Waals surface area contributed by atoms with E-state index in [1.807, 2.05) is 13.0 Å². The number of carbonyl (C=O) groups is 3. The van der Waals surface area contributed by atoms with E-state index in [-0.39, 0.29) is 37.2 Å². The van der Waals surface area contributed by atoms with Gasteiger partial charge in [0.1, 0.15) is 12.2 Å². The maximum atomic E-state index is 14.0. The normalized spacial score (nSPS) is 40.8. The monoisotopic (exact) mass is 1080 g/mol. The molecule has 3 aliphatic rings. The molecule has 418 valence electrons. The van der Waals surface area contributed by atoms with Gasteiger partial charge in [-0.3, -0.25) is 25.2 Å². The molecule has 2 saturated heterocycles. The van der Waals surface area contributed by atoms with Crippen molar-refractivity contribution in [2.24, 2.45) is 23.5 Å². The number of nitrogens with one attached hydrogen (secondary N) is 2. The number of hydrogen-bond donors (Lipinski definition) is 13. The van der Waals surface area contributed by atoms with E-state index in [9.17, 15) is 65.4 Å². The first-order valence-corrected chi connectivity index (χ1v) is 25.7. The second-order valence-corrected chi connectivity index (χ2v) is 20.1. The molecule has 1 aromatic carbocycles. The number of benzene rings is 1. The molecule has 20 nitrogen and oxygen atoms in total. The van der Waals surface area contributed by atoms with Gasteiger partial charge in [0.05, 0.1) is 85.5 Å². The van der Waals surface area contributed by atoms with Gasteiger partial charge >= 0.3 is 5.97 Å². The Morgan fingerprint density at radius 2 is 1.25 bits per heavy atom. The van der Waals surface area contributed by atoms with E-state index in [2.05, 4.69) is 10.9 Å². The number of esters is 1. The highest BCUT2D eigenvalue weighted by Crippen LogP contribution is 2.38. The molecule has 75 heavy (non-hydrogen) atoms. The minimum absolute atomic E-state index is 0.128. The maximum absolute atomic E-state index is 14.0. The number of hydrazine groups is 1. The van der Waals surface area contributed by atoms with Crippen molar-refractivity contribution in [3.63, 3.8) is 0 Å². The summed E-state index contributed by atoms with van der Waals surface area (Å²) in [5, 5.41) is 111. The van der Waals surface area contributed by atoms with Crippen LogP contribution in [0.2, 0.25) is 5.02 Å². The number of rotatable bonds is 4. The molecule has 3 heterocycles. The van der Waals surface area contributed by atoms with Crippen LogP contribution in [0.3, 0.4) is 0 Å². The van der Waals surface area contributed by atoms with Gasteiger partial charge in [-0.2, -0.15) is 0 Å². The highest BCUT2D eigenvalue weighted by molar-refractivity contribution is 6.30. The Hall–Kier alpha value is -4.46. The number of amides is 2. The van der Waals surface area contributed by atoms with E-state index in [0.717, 1.165) is 0 Å². The Morgan fingerprint density at radius 3 is 1.87 bits per heavy atom. The molecule has 0 radical (unpaired) electrons. The molecular weight excluding hydrogens is 998 g/mol. The van der Waals surface area contributed by atoms with Crippen molar-refractivity contribution in [3.05, 3.63) is 120 Å². The lowest BCUT2D eigenvalue weighted by Gasteiger charge is -2.46. The quantitative estimate of drug-likeness (QED) is 0.151. The summed E-state index contributed by atoms with van der Waals surface area (Å²) < 4.78 is 23.7. The van der Waals surface area contributed by atoms with Crippen molar-refractivity contribution < 1.29 is 84.4 Å². The van der Waals surface area contributed by atoms with Crippen molar-refractivity contribution >= 4 is 29.4 Å². The first kappa shape index (κ1) is 63.1. The van der Waals surface area contributed by atoms with Crippen molar-refractivity contribution in [2.75, 3.05) is 0 Å². The van der Waals surface area contributed by atoms with Gasteiger partial charge in [0.2, 0.25) is 5.91 Å². The number of aliphatic hydroxyl groups excluding tert-OH is 9. The Labute approximate surface area is 443 Å². The number of halogens is 1. The number of allylic oxidation sites excluding steroid dienone is 12. The molecule has 3 aliphatic heterocycles. The minimum Gasteiger partial charge on any atom is -0.462 e. The molecule has 4 rings (SSSR count). The van der Waals surface area contributed by atoms with Gasteiger partial charge in [0.15, 0.2) is 12.1 Å². The van der Waals surface area contributed by atoms with Crippen molar-refractivity contribution in [2.45, 2.75) is 177 Å². The van der Waals surface area contributed by atoms with Gasteiger partial charge in [-0.05, 0) is 57.4 Å². The minimum atomic E-state index is -2.38. The molecule has 0 spiro atoms. The number of aliphatic hydroxyl groups is 10. The Bertz CT molecular complexity index is 2160. The van der Waals surface area contributed by atoms with Crippen LogP contribution in [-0.4, -0.2) is 166 Å². The average Bonchev–Trinajstić information content (AvgIpc) is 3.34. The van der Waals surface area contributed by atoms with Crippen LogP contribution in [0.25, 0.3) is 0 Å². The standard InChI is InChI=1S/C54H78ClN3O17/c1-31-17-15-13-11-9-7-5-6-8-10-12-14-16-18-40(74-53-50(68)47(56)49(67)34(4)73-53)28-44-46(52(70)58-57-51(69)35-19-21-36(55)22-20-35)43(64)30-54(71,75-44)29-39(61)26-42(63)41(62)24-23-37(59)25-38(60)27-45(65)72-33(3)32(2)48(31)66/h5-22,31-34,37-44,46-50,53,59-64,66-68,71H,23-30,56H2,1-4H3,(H,57,69)(H,58,70)/b6-5+,9-7+,10-8+,13-11+,14-12+,17-15+,18-16+/t31-,32-,33-,34+,37+,38+,39-,40-,41+,42+,43-,44-,46+,47-,48+,49+,50-,53-,54+/m0/s1. The van der Waals surface area contributed by atoms with Crippen LogP contribution in [0, 0.1) is 17.8 Å². The molecule has 0 aliphatic carbocycles. The fourth-order valence-corrected chi connectivity index (χ4v) is 8.99. The van der Waals surface area contributed by atoms with Gasteiger partial charge in [0.25, 0.3) is 5.91 Å². The first-order chi connectivity index (χ1) is 35.5. The van der Waals surface area contributed by atoms with Crippen LogP contribution in [0.5, 0.6) is 0 Å². The molecule has 2 fully saturated rings. The molecule has 0 unspecified atom stereocenters. The van der Waals surface area contributed by atoms with E-state index < -0.39 is 153 Å². The van der Waals surface area contributed by atoms with Crippen LogP contribution in [0.1, 0.15) is 89.4 Å². The molecule has 19 atom stereocenters. The zero-order valence-corrected chi connectivity index (χ0v) is 43.5. The number of fused-ring (bicyclic) bond motifs is 2. The summed E-state index contributed by atoms with van der Waals surface area (Å²) >= 11 is 5.96. The second-order valence-electron chi connectivity index (χ2n) is 19.7. The van der Waals surface area contributed by atoms with Crippen molar-refractivity contribution in [3.8, 4) is 0 Å². The number of nitrogens with two attached hydrogens (primary N) is 1. The molecular formula is C54H78ClN3O17. The van der Waals surface area contributed by atoms with Gasteiger partial charge in [-0.25, -0.2) is 0 Å². The van der Waals surface area contributed by atoms with Crippen molar-refractivity contribution in [1.82, 2.24) is 10.9 Å². The van der Waals surface area contributed by atoms with Gasteiger partial charge in [-0.1, -0.05) is 111 Å². The fraction of sp³-hybridized carbons (Fsp3) is 0.574. The third kappa shape index (κ3) is 20.8. The van der Waals surface area contributed by atoms with E-state index in [4.69, 9.17) is 36.3 Å². The summed E-state index contributed by atoms with van der Waals surface area (Å²) in [6.07, 6.45) is 2.84. The number of cyclic esters (lactones) is 1. The summed E-state index contributed by atoms with van der Waals surface area (Å²) in [7, 11) is 0. The van der Waals surface area contributed by atoms with E-state index in [1.165, 1.54) is 37.3 Å². The lowest BCUT2D eigenvalue weighted by molar-refractivity contribution is -0.307.